The van der Waals surface area contributed by atoms with Gasteiger partial charge in [0.1, 0.15) is 0 Å². The van der Waals surface area contributed by atoms with Crippen LogP contribution in [0.25, 0.3) is 0 Å². The quantitative estimate of drug-likeness (QED) is 0.817. The van der Waals surface area contributed by atoms with E-state index in [1.807, 2.05) is 13.1 Å². The fourth-order valence-electron chi connectivity index (χ4n) is 2.65. The van der Waals surface area contributed by atoms with Gasteiger partial charge in [-0.3, -0.25) is 4.79 Å². The number of aliphatic carboxylic acids is 1. The summed E-state index contributed by atoms with van der Waals surface area (Å²) in [4.78, 5) is 17.6. The Kier molecular flexibility index (Phi) is 5.48. The van der Waals surface area contributed by atoms with E-state index in [0.717, 1.165) is 17.4 Å². The van der Waals surface area contributed by atoms with Gasteiger partial charge in [0.25, 0.3) is 0 Å². The van der Waals surface area contributed by atoms with Crippen molar-refractivity contribution in [3.63, 3.8) is 0 Å². The average Bonchev–Trinajstić information content (AvgIpc) is 2.79. The van der Waals surface area contributed by atoms with E-state index in [1.54, 1.807) is 0 Å². The van der Waals surface area contributed by atoms with E-state index in [2.05, 4.69) is 21.4 Å². The summed E-state index contributed by atoms with van der Waals surface area (Å²) in [6.45, 7) is 7.50. The average molecular weight is 297 g/mol. The van der Waals surface area contributed by atoms with Gasteiger partial charge in [-0.05, 0) is 39.8 Å². The number of rotatable bonds is 6. The third kappa shape index (κ3) is 4.24. The van der Waals surface area contributed by atoms with Crippen molar-refractivity contribution in [1.29, 1.82) is 0 Å². The summed E-state index contributed by atoms with van der Waals surface area (Å²) in [6.07, 6.45) is 5.94. The van der Waals surface area contributed by atoms with Crippen LogP contribution in [0, 0.1) is 6.92 Å². The number of aromatic nitrogens is 2. The van der Waals surface area contributed by atoms with E-state index in [4.69, 9.17) is 5.11 Å². The molecule has 0 aliphatic carbocycles. The molecule has 0 radical (unpaired) electrons. The number of aryl methyl sites for hydroxylation is 1. The maximum atomic E-state index is 10.7. The van der Waals surface area contributed by atoms with E-state index in [0.29, 0.717) is 6.04 Å². The highest BCUT2D eigenvalue weighted by molar-refractivity contribution is 7.99. The van der Waals surface area contributed by atoms with Crippen LogP contribution in [-0.2, 0) is 4.79 Å². The van der Waals surface area contributed by atoms with Gasteiger partial charge < -0.3 is 14.6 Å². The van der Waals surface area contributed by atoms with Crippen molar-refractivity contribution in [2.75, 3.05) is 25.4 Å². The number of imidazole rings is 1. The highest BCUT2D eigenvalue weighted by Crippen LogP contribution is 2.23. The lowest BCUT2D eigenvalue weighted by Crippen LogP contribution is -2.34. The first kappa shape index (κ1) is 15.4. The molecule has 2 rings (SSSR count). The van der Waals surface area contributed by atoms with Crippen LogP contribution in [0.1, 0.15) is 37.9 Å². The molecule has 1 aliphatic heterocycles. The van der Waals surface area contributed by atoms with Crippen LogP contribution in [0.15, 0.2) is 11.4 Å². The molecular weight excluding hydrogens is 274 g/mol. The van der Waals surface area contributed by atoms with E-state index >= 15 is 0 Å². The third-order valence-electron chi connectivity index (χ3n) is 3.59. The lowest BCUT2D eigenvalue weighted by Gasteiger charge is -2.29. The molecule has 20 heavy (non-hydrogen) atoms. The second-order valence-corrected chi connectivity index (χ2v) is 6.41. The molecule has 0 bridgehead atoms. The molecule has 2 heterocycles. The molecule has 1 saturated heterocycles. The number of carbonyl (C=O) groups is 1. The van der Waals surface area contributed by atoms with Crippen molar-refractivity contribution in [3.05, 3.63) is 11.9 Å². The predicted octanol–water partition coefficient (Wildman–Crippen LogP) is 2.42. The Morgan fingerprint density at radius 2 is 2.15 bits per heavy atom. The van der Waals surface area contributed by atoms with Crippen molar-refractivity contribution in [2.45, 2.75) is 44.3 Å². The molecule has 5 nitrogen and oxygen atoms in total. The Morgan fingerprint density at radius 3 is 2.80 bits per heavy atom. The second kappa shape index (κ2) is 7.13. The Bertz CT molecular complexity index is 455. The lowest BCUT2D eigenvalue weighted by atomic mass is 10.1. The molecule has 1 N–H and O–H groups in total. The topological polar surface area (TPSA) is 58.4 Å². The van der Waals surface area contributed by atoms with Crippen LogP contribution >= 0.6 is 11.8 Å². The van der Waals surface area contributed by atoms with Crippen molar-refractivity contribution in [2.24, 2.45) is 0 Å². The van der Waals surface area contributed by atoms with Gasteiger partial charge in [-0.25, -0.2) is 4.98 Å². The molecular formula is C14H23N3O2S. The first-order valence-electron chi connectivity index (χ1n) is 7.18. The fourth-order valence-corrected chi connectivity index (χ4v) is 3.49. The van der Waals surface area contributed by atoms with Gasteiger partial charge in [0.15, 0.2) is 5.16 Å². The summed E-state index contributed by atoms with van der Waals surface area (Å²) < 4.78 is 2.12. The number of nitrogens with zero attached hydrogens (tertiary/aromatic N) is 3. The van der Waals surface area contributed by atoms with Gasteiger partial charge in [-0.1, -0.05) is 18.2 Å². The predicted molar refractivity (Wildman–Crippen MR) is 80.3 cm³/mol. The minimum absolute atomic E-state index is 0.0624. The summed E-state index contributed by atoms with van der Waals surface area (Å²) in [5.41, 5.74) is 0.948. The monoisotopic (exact) mass is 297 g/mol. The minimum atomic E-state index is -0.800. The highest BCUT2D eigenvalue weighted by atomic mass is 32.2. The summed E-state index contributed by atoms with van der Waals surface area (Å²) in [5.74, 6) is -0.738. The third-order valence-corrected chi connectivity index (χ3v) is 4.54. The van der Waals surface area contributed by atoms with Gasteiger partial charge in [-0.15, -0.1) is 0 Å². The molecule has 1 unspecified atom stereocenters. The van der Waals surface area contributed by atoms with E-state index in [1.165, 1.54) is 44.1 Å². The van der Waals surface area contributed by atoms with Crippen molar-refractivity contribution >= 4 is 17.7 Å². The fraction of sp³-hybridized carbons (Fsp3) is 0.714. The molecule has 1 fully saturated rings. The van der Waals surface area contributed by atoms with Crippen molar-refractivity contribution in [1.82, 2.24) is 14.5 Å². The largest absolute Gasteiger partial charge is 0.481 e. The van der Waals surface area contributed by atoms with Crippen molar-refractivity contribution < 1.29 is 9.90 Å². The van der Waals surface area contributed by atoms with Gasteiger partial charge in [-0.2, -0.15) is 0 Å². The molecule has 1 atom stereocenters. The zero-order chi connectivity index (χ0) is 14.5. The van der Waals surface area contributed by atoms with Crippen molar-refractivity contribution in [3.8, 4) is 0 Å². The molecule has 0 saturated carbocycles. The van der Waals surface area contributed by atoms with Gasteiger partial charge in [0, 0.05) is 18.8 Å². The zero-order valence-corrected chi connectivity index (χ0v) is 13.0. The number of likely N-dealkylation sites (tertiary alicyclic amines) is 1. The second-order valence-electron chi connectivity index (χ2n) is 5.46. The summed E-state index contributed by atoms with van der Waals surface area (Å²) >= 11 is 1.30. The van der Waals surface area contributed by atoms with Crippen LogP contribution < -0.4 is 0 Å². The van der Waals surface area contributed by atoms with Crippen LogP contribution in [0.3, 0.4) is 0 Å². The maximum Gasteiger partial charge on any atom is 0.313 e. The van der Waals surface area contributed by atoms with Gasteiger partial charge >= 0.3 is 5.97 Å². The Morgan fingerprint density at radius 1 is 1.45 bits per heavy atom. The number of hydrogen-bond acceptors (Lipinski definition) is 4. The number of hydrogen-bond donors (Lipinski definition) is 1. The normalized spacial score (nSPS) is 18.1. The zero-order valence-electron chi connectivity index (χ0n) is 12.2. The molecule has 0 spiro atoms. The van der Waals surface area contributed by atoms with E-state index in [-0.39, 0.29) is 5.75 Å². The molecule has 1 aromatic rings. The SMILES string of the molecule is Cc1cn(C(C)CN2CCCCC2)c(SCC(=O)O)n1. The Hall–Kier alpha value is -1.01. The number of carboxylic acids is 1. The molecule has 0 aromatic carbocycles. The molecule has 1 aliphatic rings. The van der Waals surface area contributed by atoms with Crippen LogP contribution in [0.2, 0.25) is 0 Å². The maximum absolute atomic E-state index is 10.7. The summed E-state index contributed by atoms with van der Waals surface area (Å²) in [7, 11) is 0. The Balaban J connectivity index is 2.00. The number of carboxylic acid groups (broad SMARTS) is 1. The van der Waals surface area contributed by atoms with E-state index < -0.39 is 5.97 Å². The summed E-state index contributed by atoms with van der Waals surface area (Å²) in [5, 5.41) is 9.62. The van der Waals surface area contributed by atoms with E-state index in [9.17, 15) is 4.79 Å². The highest BCUT2D eigenvalue weighted by Gasteiger charge is 2.18. The van der Waals surface area contributed by atoms with Gasteiger partial charge in [0.2, 0.25) is 0 Å². The Labute approximate surface area is 124 Å². The standard InChI is InChI=1S/C14H23N3O2S/c1-11-8-17(14(15-11)20-10-13(18)19)12(2)9-16-6-4-3-5-7-16/h8,12H,3-7,9-10H2,1-2H3,(H,18,19). The molecule has 6 heteroatoms. The van der Waals surface area contributed by atoms with Gasteiger partial charge in [0.05, 0.1) is 11.4 Å². The van der Waals surface area contributed by atoms with Crippen LogP contribution in [-0.4, -0.2) is 50.9 Å². The first-order valence-corrected chi connectivity index (χ1v) is 8.17. The number of thioether (sulfide) groups is 1. The number of piperidine rings is 1. The van der Waals surface area contributed by atoms with Crippen LogP contribution in [0.5, 0.6) is 0 Å². The van der Waals surface area contributed by atoms with Crippen LogP contribution in [0.4, 0.5) is 0 Å². The molecule has 112 valence electrons. The lowest BCUT2D eigenvalue weighted by molar-refractivity contribution is -0.133. The molecule has 0 amide bonds. The minimum Gasteiger partial charge on any atom is -0.481 e. The smallest absolute Gasteiger partial charge is 0.313 e. The molecule has 1 aromatic heterocycles. The first-order chi connectivity index (χ1) is 9.56. The summed E-state index contributed by atoms with van der Waals surface area (Å²) in [6, 6.07) is 0.325.